The molecule has 2 N–H and O–H groups in total. The molecule has 1 aromatic heterocycles. The largest absolute Gasteiger partial charge is 0.481 e. The second kappa shape index (κ2) is 8.05. The monoisotopic (exact) mass is 403 g/mol. The number of carbonyl (C=O) groups is 2. The molecule has 0 saturated heterocycles. The first kappa shape index (κ1) is 19.9. The molecule has 1 heterocycles. The number of anilines is 1. The van der Waals surface area contributed by atoms with Gasteiger partial charge in [0.05, 0.1) is 17.5 Å². The van der Waals surface area contributed by atoms with E-state index in [4.69, 9.17) is 0 Å². The summed E-state index contributed by atoms with van der Waals surface area (Å²) in [5, 5.41) is 19.7. The number of benzene rings is 1. The molecule has 3 rings (SSSR count). The van der Waals surface area contributed by atoms with Crippen LogP contribution in [0.25, 0.3) is 11.3 Å². The van der Waals surface area contributed by atoms with Crippen molar-refractivity contribution in [3.63, 3.8) is 0 Å². The summed E-state index contributed by atoms with van der Waals surface area (Å²) in [4.78, 5) is 24.0. The Kier molecular flexibility index (Phi) is 5.73. The van der Waals surface area contributed by atoms with E-state index in [-0.39, 0.29) is 10.9 Å². The highest BCUT2D eigenvalue weighted by molar-refractivity contribution is 7.90. The van der Waals surface area contributed by atoms with Crippen molar-refractivity contribution in [2.24, 2.45) is 11.8 Å². The number of carboxylic acid groups (broad SMARTS) is 1. The second-order valence-corrected chi connectivity index (χ2v) is 8.90. The third kappa shape index (κ3) is 4.53. The maximum Gasteiger partial charge on any atom is 0.307 e. The average molecular weight is 403 g/mol. The third-order valence-electron chi connectivity index (χ3n) is 4.87. The van der Waals surface area contributed by atoms with Crippen molar-refractivity contribution >= 4 is 27.4 Å². The zero-order valence-corrected chi connectivity index (χ0v) is 16.1. The van der Waals surface area contributed by atoms with Gasteiger partial charge < -0.3 is 10.4 Å². The minimum Gasteiger partial charge on any atom is -0.481 e. The van der Waals surface area contributed by atoms with Gasteiger partial charge >= 0.3 is 5.97 Å². The van der Waals surface area contributed by atoms with Crippen LogP contribution in [0, 0.1) is 11.8 Å². The molecule has 2 unspecified atom stereocenters. The van der Waals surface area contributed by atoms with E-state index in [9.17, 15) is 23.1 Å². The molecule has 2 aromatic rings. The number of sulfone groups is 1. The van der Waals surface area contributed by atoms with E-state index in [0.29, 0.717) is 29.8 Å². The molecule has 1 aliphatic carbocycles. The molecule has 1 fully saturated rings. The SMILES string of the molecule is CS(=O)(=O)c1ccc(-c2cccc(NC(=O)C3CCCCC3C(=O)O)c2)nn1. The zero-order chi connectivity index (χ0) is 20.3. The van der Waals surface area contributed by atoms with Crippen molar-refractivity contribution in [2.75, 3.05) is 11.6 Å². The van der Waals surface area contributed by atoms with Crippen molar-refractivity contribution in [1.29, 1.82) is 0 Å². The van der Waals surface area contributed by atoms with Crippen LogP contribution in [0.5, 0.6) is 0 Å². The summed E-state index contributed by atoms with van der Waals surface area (Å²) in [6, 6.07) is 9.82. The Morgan fingerprint density at radius 2 is 1.79 bits per heavy atom. The molecule has 1 saturated carbocycles. The van der Waals surface area contributed by atoms with Crippen LogP contribution in [-0.4, -0.2) is 41.9 Å². The lowest BCUT2D eigenvalue weighted by Crippen LogP contribution is -2.36. The lowest BCUT2D eigenvalue weighted by Gasteiger charge is -2.27. The molecule has 1 amide bonds. The van der Waals surface area contributed by atoms with E-state index in [1.165, 1.54) is 6.07 Å². The molecule has 0 aliphatic heterocycles. The highest BCUT2D eigenvalue weighted by Gasteiger charge is 2.35. The molecule has 0 bridgehead atoms. The topological polar surface area (TPSA) is 126 Å². The van der Waals surface area contributed by atoms with Gasteiger partial charge in [0.25, 0.3) is 0 Å². The van der Waals surface area contributed by atoms with Crippen LogP contribution < -0.4 is 5.32 Å². The van der Waals surface area contributed by atoms with Crippen molar-refractivity contribution in [3.8, 4) is 11.3 Å². The fourth-order valence-corrected chi connectivity index (χ4v) is 3.91. The number of carbonyl (C=O) groups excluding carboxylic acids is 1. The molecule has 0 spiro atoms. The lowest BCUT2D eigenvalue weighted by atomic mass is 9.78. The van der Waals surface area contributed by atoms with Crippen LogP contribution in [0.2, 0.25) is 0 Å². The van der Waals surface area contributed by atoms with E-state index >= 15 is 0 Å². The molecule has 9 heteroatoms. The van der Waals surface area contributed by atoms with E-state index < -0.39 is 27.6 Å². The van der Waals surface area contributed by atoms with Gasteiger partial charge in [-0.1, -0.05) is 25.0 Å². The number of hydrogen-bond acceptors (Lipinski definition) is 6. The summed E-state index contributed by atoms with van der Waals surface area (Å²) in [6.07, 6.45) is 3.78. The first-order chi connectivity index (χ1) is 13.3. The van der Waals surface area contributed by atoms with Crippen molar-refractivity contribution < 1.29 is 23.1 Å². The maximum absolute atomic E-state index is 12.6. The minimum atomic E-state index is -3.43. The highest BCUT2D eigenvalue weighted by atomic mass is 32.2. The highest BCUT2D eigenvalue weighted by Crippen LogP contribution is 2.31. The Morgan fingerprint density at radius 3 is 2.39 bits per heavy atom. The van der Waals surface area contributed by atoms with Gasteiger partial charge in [0, 0.05) is 17.5 Å². The van der Waals surface area contributed by atoms with Crippen LogP contribution in [0.4, 0.5) is 5.69 Å². The van der Waals surface area contributed by atoms with Gasteiger partial charge in [-0.05, 0) is 37.1 Å². The maximum atomic E-state index is 12.6. The Morgan fingerprint density at radius 1 is 1.07 bits per heavy atom. The number of rotatable bonds is 5. The summed E-state index contributed by atoms with van der Waals surface area (Å²) in [5.41, 5.74) is 1.64. The number of carboxylic acids is 1. The van der Waals surface area contributed by atoms with Crippen molar-refractivity contribution in [1.82, 2.24) is 10.2 Å². The van der Waals surface area contributed by atoms with Gasteiger partial charge in [0.15, 0.2) is 14.9 Å². The van der Waals surface area contributed by atoms with Gasteiger partial charge in [-0.3, -0.25) is 9.59 Å². The summed E-state index contributed by atoms with van der Waals surface area (Å²) in [5.74, 6) is -2.45. The van der Waals surface area contributed by atoms with Gasteiger partial charge in [0.2, 0.25) is 5.91 Å². The predicted octanol–water partition coefficient (Wildman–Crippen LogP) is 2.38. The van der Waals surface area contributed by atoms with E-state index in [1.807, 2.05) is 0 Å². The Balaban J connectivity index is 1.78. The van der Waals surface area contributed by atoms with Crippen LogP contribution in [0.15, 0.2) is 41.4 Å². The number of hydrogen-bond donors (Lipinski definition) is 2. The fourth-order valence-electron chi connectivity index (χ4n) is 3.40. The van der Waals surface area contributed by atoms with Crippen LogP contribution in [0.3, 0.4) is 0 Å². The number of amides is 1. The molecule has 0 radical (unpaired) electrons. The van der Waals surface area contributed by atoms with Crippen LogP contribution in [-0.2, 0) is 19.4 Å². The molecular formula is C19H21N3O5S. The fraction of sp³-hybridized carbons (Fsp3) is 0.368. The van der Waals surface area contributed by atoms with E-state index in [2.05, 4.69) is 15.5 Å². The second-order valence-electron chi connectivity index (χ2n) is 6.93. The summed E-state index contributed by atoms with van der Waals surface area (Å²) in [6.45, 7) is 0. The first-order valence-corrected chi connectivity index (χ1v) is 10.8. The predicted molar refractivity (Wildman–Crippen MR) is 102 cm³/mol. The third-order valence-corrected chi connectivity index (χ3v) is 5.84. The lowest BCUT2D eigenvalue weighted by molar-refractivity contribution is -0.147. The molecule has 1 aliphatic rings. The Bertz CT molecular complexity index is 989. The van der Waals surface area contributed by atoms with Crippen molar-refractivity contribution in [2.45, 2.75) is 30.7 Å². The minimum absolute atomic E-state index is 0.113. The molecular weight excluding hydrogens is 382 g/mol. The smallest absolute Gasteiger partial charge is 0.307 e. The summed E-state index contributed by atoms with van der Waals surface area (Å²) in [7, 11) is -3.43. The van der Waals surface area contributed by atoms with Crippen LogP contribution >= 0.6 is 0 Å². The first-order valence-electron chi connectivity index (χ1n) is 8.93. The van der Waals surface area contributed by atoms with E-state index in [0.717, 1.165) is 19.1 Å². The summed E-state index contributed by atoms with van der Waals surface area (Å²) >= 11 is 0. The number of nitrogens with one attached hydrogen (secondary N) is 1. The zero-order valence-electron chi connectivity index (χ0n) is 15.3. The van der Waals surface area contributed by atoms with Gasteiger partial charge in [-0.15, -0.1) is 10.2 Å². The van der Waals surface area contributed by atoms with E-state index in [1.54, 1.807) is 30.3 Å². The number of nitrogens with zero attached hydrogens (tertiary/aromatic N) is 2. The quantitative estimate of drug-likeness (QED) is 0.785. The van der Waals surface area contributed by atoms with Crippen molar-refractivity contribution in [3.05, 3.63) is 36.4 Å². The Hall–Kier alpha value is -2.81. The molecule has 148 valence electrons. The average Bonchev–Trinajstić information content (AvgIpc) is 2.67. The van der Waals surface area contributed by atoms with Gasteiger partial charge in [-0.2, -0.15) is 0 Å². The summed E-state index contributed by atoms with van der Waals surface area (Å²) < 4.78 is 23.0. The molecule has 2 atom stereocenters. The molecule has 1 aromatic carbocycles. The molecule has 28 heavy (non-hydrogen) atoms. The Labute approximate surface area is 162 Å². The number of aliphatic carboxylic acids is 1. The number of aromatic nitrogens is 2. The van der Waals surface area contributed by atoms with Gasteiger partial charge in [-0.25, -0.2) is 8.42 Å². The standard InChI is InChI=1S/C19H21N3O5S/c1-28(26,27)17-10-9-16(21-22-17)12-5-4-6-13(11-12)20-18(23)14-7-2-3-8-15(14)19(24)25/h4-6,9-11,14-15H,2-3,7-8H2,1H3,(H,20,23)(H,24,25). The van der Waals surface area contributed by atoms with Gasteiger partial charge in [0.1, 0.15) is 0 Å². The van der Waals surface area contributed by atoms with Crippen LogP contribution in [0.1, 0.15) is 25.7 Å². The normalized spacial score (nSPS) is 19.8. The molecule has 8 nitrogen and oxygen atoms in total.